The molecule has 5 rings (SSSR count). The number of rotatable bonds is 4. The molecule has 0 bridgehead atoms. The van der Waals surface area contributed by atoms with Crippen molar-refractivity contribution in [3.63, 3.8) is 0 Å². The third kappa shape index (κ3) is 3.25. The molecule has 31 heavy (non-hydrogen) atoms. The molecule has 1 heteroatoms. The largest absolute Gasteiger partial charge is 0.345 e. The summed E-state index contributed by atoms with van der Waals surface area (Å²) in [6, 6.07) is 33.5. The Morgan fingerprint density at radius 3 is 1.90 bits per heavy atom. The average Bonchev–Trinajstić information content (AvgIpc) is 3.05. The van der Waals surface area contributed by atoms with E-state index in [1.165, 1.54) is 50.3 Å². The van der Waals surface area contributed by atoms with Crippen LogP contribution in [0.1, 0.15) is 37.5 Å². The van der Waals surface area contributed by atoms with Gasteiger partial charge in [0.25, 0.3) is 0 Å². The number of aryl methyl sites for hydroxylation is 1. The summed E-state index contributed by atoms with van der Waals surface area (Å²) >= 11 is 0. The molecule has 154 valence electrons. The normalized spacial score (nSPS) is 13.5. The zero-order chi connectivity index (χ0) is 21.6. The lowest BCUT2D eigenvalue weighted by Gasteiger charge is -2.25. The zero-order valence-corrected chi connectivity index (χ0v) is 18.8. The first-order valence-corrected chi connectivity index (χ1v) is 11.2. The van der Waals surface area contributed by atoms with Gasteiger partial charge in [-0.3, -0.25) is 0 Å². The topological polar surface area (TPSA) is 3.24 Å². The molecule has 0 saturated carbocycles. The molecule has 0 amide bonds. The molecule has 1 aliphatic rings. The standard InChI is InChI=1S/C30H29N/c1-5-21-10-12-22(13-11-21)23-14-16-24(17-15-23)31(4)25-18-19-27-26-8-6-7-9-28(26)30(2,3)29(27)20-25/h6-20H,5H2,1-4H3. The Labute approximate surface area is 186 Å². The van der Waals surface area contributed by atoms with E-state index in [9.17, 15) is 0 Å². The maximum absolute atomic E-state index is 2.37. The second-order valence-electron chi connectivity index (χ2n) is 9.06. The minimum atomic E-state index is 0.0251. The first-order chi connectivity index (χ1) is 15.0. The molecule has 0 heterocycles. The number of fused-ring (bicyclic) bond motifs is 3. The smallest absolute Gasteiger partial charge is 0.0411 e. The van der Waals surface area contributed by atoms with Gasteiger partial charge in [0.05, 0.1) is 0 Å². The molecule has 4 aromatic rings. The summed E-state index contributed by atoms with van der Waals surface area (Å²) in [4.78, 5) is 2.28. The molecule has 0 N–H and O–H groups in total. The molecular formula is C30H29N. The lowest BCUT2D eigenvalue weighted by Crippen LogP contribution is -2.16. The third-order valence-electron chi connectivity index (χ3n) is 6.90. The van der Waals surface area contributed by atoms with Crippen molar-refractivity contribution < 1.29 is 0 Å². The Morgan fingerprint density at radius 1 is 0.645 bits per heavy atom. The fourth-order valence-corrected chi connectivity index (χ4v) is 4.86. The SMILES string of the molecule is CCc1ccc(-c2ccc(N(C)c3ccc4c(c3)C(C)(C)c3ccccc3-4)cc2)cc1. The fourth-order valence-electron chi connectivity index (χ4n) is 4.86. The van der Waals surface area contributed by atoms with E-state index in [0.29, 0.717) is 0 Å². The van der Waals surface area contributed by atoms with Gasteiger partial charge in [-0.05, 0) is 69.6 Å². The van der Waals surface area contributed by atoms with Crippen molar-refractivity contribution in [1.29, 1.82) is 0 Å². The van der Waals surface area contributed by atoms with Gasteiger partial charge in [-0.1, -0.05) is 87.5 Å². The summed E-state index contributed by atoms with van der Waals surface area (Å²) in [5.74, 6) is 0. The Bertz CT molecular complexity index is 1230. The molecule has 0 fully saturated rings. The van der Waals surface area contributed by atoms with Crippen LogP contribution in [0.25, 0.3) is 22.3 Å². The van der Waals surface area contributed by atoms with Crippen LogP contribution < -0.4 is 4.90 Å². The van der Waals surface area contributed by atoms with Crippen LogP contribution in [-0.4, -0.2) is 7.05 Å². The quantitative estimate of drug-likeness (QED) is 0.334. The maximum atomic E-state index is 2.37. The van der Waals surface area contributed by atoms with Crippen LogP contribution in [0.5, 0.6) is 0 Å². The van der Waals surface area contributed by atoms with Gasteiger partial charge < -0.3 is 4.90 Å². The first kappa shape index (κ1) is 19.6. The second kappa shape index (κ2) is 7.42. The van der Waals surface area contributed by atoms with Gasteiger partial charge in [0.1, 0.15) is 0 Å². The highest BCUT2D eigenvalue weighted by Crippen LogP contribution is 2.49. The Hall–Kier alpha value is -3.32. The van der Waals surface area contributed by atoms with Crippen molar-refractivity contribution in [2.75, 3.05) is 11.9 Å². The molecule has 0 aliphatic heterocycles. The fraction of sp³-hybridized carbons (Fsp3) is 0.200. The van der Waals surface area contributed by atoms with Crippen molar-refractivity contribution >= 4 is 11.4 Å². The van der Waals surface area contributed by atoms with Crippen LogP contribution in [0, 0.1) is 0 Å². The maximum Gasteiger partial charge on any atom is 0.0411 e. The second-order valence-corrected chi connectivity index (χ2v) is 9.06. The van der Waals surface area contributed by atoms with E-state index < -0.39 is 0 Å². The van der Waals surface area contributed by atoms with E-state index in [-0.39, 0.29) is 5.41 Å². The van der Waals surface area contributed by atoms with E-state index in [1.54, 1.807) is 0 Å². The number of benzene rings is 4. The van der Waals surface area contributed by atoms with Crippen LogP contribution in [0.15, 0.2) is 91.0 Å². The van der Waals surface area contributed by atoms with Crippen LogP contribution in [0.4, 0.5) is 11.4 Å². The molecule has 0 atom stereocenters. The van der Waals surface area contributed by atoms with E-state index in [4.69, 9.17) is 0 Å². The van der Waals surface area contributed by atoms with Crippen molar-refractivity contribution in [2.24, 2.45) is 0 Å². The van der Waals surface area contributed by atoms with Crippen LogP contribution in [0.3, 0.4) is 0 Å². The predicted octanol–water partition coefficient (Wildman–Crippen LogP) is 7.99. The highest BCUT2D eigenvalue weighted by molar-refractivity contribution is 5.83. The van der Waals surface area contributed by atoms with Crippen molar-refractivity contribution in [2.45, 2.75) is 32.6 Å². The number of nitrogens with zero attached hydrogens (tertiary/aromatic N) is 1. The summed E-state index contributed by atoms with van der Waals surface area (Å²) in [6.45, 7) is 6.86. The summed E-state index contributed by atoms with van der Waals surface area (Å²) in [7, 11) is 2.15. The molecule has 0 aromatic heterocycles. The minimum Gasteiger partial charge on any atom is -0.345 e. The predicted molar refractivity (Wildman–Crippen MR) is 133 cm³/mol. The van der Waals surface area contributed by atoms with Crippen molar-refractivity contribution in [1.82, 2.24) is 0 Å². The van der Waals surface area contributed by atoms with E-state index in [2.05, 4.69) is 124 Å². The zero-order valence-electron chi connectivity index (χ0n) is 18.8. The van der Waals surface area contributed by atoms with E-state index in [1.807, 2.05) is 0 Å². The highest BCUT2D eigenvalue weighted by atomic mass is 15.1. The van der Waals surface area contributed by atoms with Crippen molar-refractivity contribution in [3.8, 4) is 22.3 Å². The Balaban J connectivity index is 1.45. The van der Waals surface area contributed by atoms with Crippen LogP contribution in [-0.2, 0) is 11.8 Å². The molecule has 0 spiro atoms. The molecular weight excluding hydrogens is 374 g/mol. The summed E-state index contributed by atoms with van der Waals surface area (Å²) in [6.07, 6.45) is 1.08. The van der Waals surface area contributed by atoms with E-state index in [0.717, 1.165) is 6.42 Å². The average molecular weight is 404 g/mol. The molecule has 1 aliphatic carbocycles. The summed E-state index contributed by atoms with van der Waals surface area (Å²) in [5.41, 5.74) is 11.9. The van der Waals surface area contributed by atoms with Gasteiger partial charge in [0, 0.05) is 23.8 Å². The van der Waals surface area contributed by atoms with Gasteiger partial charge in [-0.2, -0.15) is 0 Å². The summed E-state index contributed by atoms with van der Waals surface area (Å²) in [5, 5.41) is 0. The molecule has 0 radical (unpaired) electrons. The Kier molecular flexibility index (Phi) is 4.70. The number of hydrogen-bond donors (Lipinski definition) is 0. The lowest BCUT2D eigenvalue weighted by molar-refractivity contribution is 0.660. The van der Waals surface area contributed by atoms with Crippen molar-refractivity contribution in [3.05, 3.63) is 108 Å². The monoisotopic (exact) mass is 403 g/mol. The van der Waals surface area contributed by atoms with Crippen LogP contribution >= 0.6 is 0 Å². The van der Waals surface area contributed by atoms with Gasteiger partial charge in [-0.15, -0.1) is 0 Å². The number of anilines is 2. The van der Waals surface area contributed by atoms with Gasteiger partial charge in [0.2, 0.25) is 0 Å². The van der Waals surface area contributed by atoms with E-state index >= 15 is 0 Å². The van der Waals surface area contributed by atoms with Gasteiger partial charge in [0.15, 0.2) is 0 Å². The third-order valence-corrected chi connectivity index (χ3v) is 6.90. The molecule has 0 unspecified atom stereocenters. The molecule has 1 nitrogen and oxygen atoms in total. The Morgan fingerprint density at radius 2 is 1.23 bits per heavy atom. The van der Waals surface area contributed by atoms with Gasteiger partial charge in [-0.25, -0.2) is 0 Å². The van der Waals surface area contributed by atoms with Gasteiger partial charge >= 0.3 is 0 Å². The minimum absolute atomic E-state index is 0.0251. The highest BCUT2D eigenvalue weighted by Gasteiger charge is 2.35. The van der Waals surface area contributed by atoms with Crippen LogP contribution in [0.2, 0.25) is 0 Å². The molecule has 4 aromatic carbocycles. The molecule has 0 saturated heterocycles. The lowest BCUT2D eigenvalue weighted by atomic mass is 9.82. The number of hydrogen-bond acceptors (Lipinski definition) is 1. The first-order valence-electron chi connectivity index (χ1n) is 11.2. The summed E-state index contributed by atoms with van der Waals surface area (Å²) < 4.78 is 0.